The van der Waals surface area contributed by atoms with E-state index in [1.54, 1.807) is 0 Å². The van der Waals surface area contributed by atoms with E-state index in [1.807, 2.05) is 0 Å². The molecule has 1 aliphatic rings. The van der Waals surface area contributed by atoms with Gasteiger partial charge in [-0.2, -0.15) is 0 Å². The standard InChI is InChI=1S/C5H10N/c1-5(2)6-3-4-6/h5H,1,3-4H2,2H3. The molecule has 0 spiro atoms. The van der Waals surface area contributed by atoms with Crippen LogP contribution in [0.5, 0.6) is 0 Å². The molecule has 1 rings (SSSR count). The third-order valence-corrected chi connectivity index (χ3v) is 1.11. The van der Waals surface area contributed by atoms with Gasteiger partial charge in [0.1, 0.15) is 0 Å². The van der Waals surface area contributed by atoms with Gasteiger partial charge in [0.05, 0.1) is 0 Å². The summed E-state index contributed by atoms with van der Waals surface area (Å²) in [4.78, 5) is 2.31. The van der Waals surface area contributed by atoms with Crippen molar-refractivity contribution in [2.75, 3.05) is 13.1 Å². The molecule has 1 heterocycles. The highest BCUT2D eigenvalue weighted by Crippen LogP contribution is 2.07. The Hall–Kier alpha value is -0.0400. The maximum absolute atomic E-state index is 3.83. The van der Waals surface area contributed by atoms with E-state index in [0.717, 1.165) is 0 Å². The van der Waals surface area contributed by atoms with Gasteiger partial charge in [-0.25, -0.2) is 0 Å². The van der Waals surface area contributed by atoms with Crippen molar-refractivity contribution in [1.29, 1.82) is 0 Å². The van der Waals surface area contributed by atoms with Crippen LogP contribution in [-0.2, 0) is 0 Å². The fourth-order valence-corrected chi connectivity index (χ4v) is 0.499. The lowest BCUT2D eigenvalue weighted by Gasteiger charge is -1.99. The van der Waals surface area contributed by atoms with E-state index in [1.165, 1.54) is 13.1 Å². The monoisotopic (exact) mass is 84.1 g/mol. The molecule has 0 aromatic heterocycles. The molecule has 1 nitrogen and oxygen atoms in total. The Morgan fingerprint density at radius 3 is 2.17 bits per heavy atom. The van der Waals surface area contributed by atoms with Crippen molar-refractivity contribution in [3.63, 3.8) is 0 Å². The molecule has 1 atom stereocenters. The first-order valence-corrected chi connectivity index (χ1v) is 2.38. The van der Waals surface area contributed by atoms with Crippen LogP contribution in [0, 0.1) is 6.92 Å². The smallest absolute Gasteiger partial charge is 0.0113 e. The molecule has 1 heteroatoms. The van der Waals surface area contributed by atoms with Crippen LogP contribution < -0.4 is 0 Å². The second kappa shape index (κ2) is 1.23. The molecule has 1 aliphatic heterocycles. The zero-order chi connectivity index (χ0) is 4.57. The Bertz CT molecular complexity index is 45.9. The first-order chi connectivity index (χ1) is 2.80. The Balaban J connectivity index is 2.13. The van der Waals surface area contributed by atoms with Crippen LogP contribution in [0.1, 0.15) is 6.92 Å². The maximum atomic E-state index is 3.83. The largest absolute Gasteiger partial charge is 0.298 e. The second-order valence-corrected chi connectivity index (χ2v) is 1.88. The van der Waals surface area contributed by atoms with Crippen molar-refractivity contribution in [3.05, 3.63) is 6.92 Å². The number of nitrogens with zero attached hydrogens (tertiary/aromatic N) is 1. The SMILES string of the molecule is [CH2]C(C)N1CC1. The predicted molar refractivity (Wildman–Crippen MR) is 26.4 cm³/mol. The summed E-state index contributed by atoms with van der Waals surface area (Å²) in [5.41, 5.74) is 0. The van der Waals surface area contributed by atoms with Gasteiger partial charge in [0.15, 0.2) is 0 Å². The van der Waals surface area contributed by atoms with Gasteiger partial charge in [0.25, 0.3) is 0 Å². The van der Waals surface area contributed by atoms with Crippen molar-refractivity contribution >= 4 is 0 Å². The molecule has 0 amide bonds. The number of rotatable bonds is 1. The Labute approximate surface area is 39.0 Å². The average Bonchev–Trinajstić information content (AvgIpc) is 2.06. The highest BCUT2D eigenvalue weighted by atomic mass is 15.3. The van der Waals surface area contributed by atoms with Crippen molar-refractivity contribution in [2.45, 2.75) is 13.0 Å². The Morgan fingerprint density at radius 1 is 1.67 bits per heavy atom. The van der Waals surface area contributed by atoms with Crippen molar-refractivity contribution in [3.8, 4) is 0 Å². The van der Waals surface area contributed by atoms with E-state index in [9.17, 15) is 0 Å². The molecule has 0 bridgehead atoms. The highest BCUT2D eigenvalue weighted by Gasteiger charge is 2.19. The quantitative estimate of drug-likeness (QED) is 0.419. The van der Waals surface area contributed by atoms with Crippen LogP contribution in [0.25, 0.3) is 0 Å². The molecule has 0 aliphatic carbocycles. The topological polar surface area (TPSA) is 3.01 Å². The number of hydrogen-bond acceptors (Lipinski definition) is 1. The van der Waals surface area contributed by atoms with E-state index in [4.69, 9.17) is 0 Å². The summed E-state index contributed by atoms with van der Waals surface area (Å²) in [6, 6.07) is 0.546. The lowest BCUT2D eigenvalue weighted by Crippen LogP contribution is -2.07. The van der Waals surface area contributed by atoms with Gasteiger partial charge < -0.3 is 0 Å². The minimum atomic E-state index is 0.546. The van der Waals surface area contributed by atoms with Gasteiger partial charge in [0.2, 0.25) is 0 Å². The fraction of sp³-hybridized carbons (Fsp3) is 0.800. The molecular formula is C5H10N. The Morgan fingerprint density at radius 2 is 2.17 bits per heavy atom. The lowest BCUT2D eigenvalue weighted by atomic mass is 10.4. The van der Waals surface area contributed by atoms with Gasteiger partial charge in [-0.3, -0.25) is 4.90 Å². The second-order valence-electron chi connectivity index (χ2n) is 1.88. The molecule has 0 aromatic rings. The molecule has 6 heavy (non-hydrogen) atoms. The summed E-state index contributed by atoms with van der Waals surface area (Å²) in [5.74, 6) is 0. The zero-order valence-electron chi connectivity index (χ0n) is 4.15. The van der Waals surface area contributed by atoms with E-state index < -0.39 is 0 Å². The van der Waals surface area contributed by atoms with Crippen LogP contribution in [0.3, 0.4) is 0 Å². The third-order valence-electron chi connectivity index (χ3n) is 1.11. The Kier molecular flexibility index (Phi) is 0.845. The molecule has 0 saturated carbocycles. The lowest BCUT2D eigenvalue weighted by molar-refractivity contribution is 0.497. The molecule has 0 N–H and O–H groups in total. The van der Waals surface area contributed by atoms with Crippen LogP contribution >= 0.6 is 0 Å². The minimum absolute atomic E-state index is 0.546. The highest BCUT2D eigenvalue weighted by molar-refractivity contribution is 4.79. The first-order valence-electron chi connectivity index (χ1n) is 2.38. The predicted octanol–water partition coefficient (Wildman–Crippen LogP) is 0.525. The maximum Gasteiger partial charge on any atom is 0.0113 e. The van der Waals surface area contributed by atoms with Gasteiger partial charge in [-0.05, 0) is 13.8 Å². The molecule has 35 valence electrons. The summed E-state index contributed by atoms with van der Waals surface area (Å²) < 4.78 is 0. The van der Waals surface area contributed by atoms with Crippen molar-refractivity contribution < 1.29 is 0 Å². The van der Waals surface area contributed by atoms with E-state index in [-0.39, 0.29) is 0 Å². The van der Waals surface area contributed by atoms with E-state index in [0.29, 0.717) is 6.04 Å². The van der Waals surface area contributed by atoms with Crippen molar-refractivity contribution in [1.82, 2.24) is 4.90 Å². The van der Waals surface area contributed by atoms with Crippen LogP contribution in [0.4, 0.5) is 0 Å². The zero-order valence-corrected chi connectivity index (χ0v) is 4.15. The molecule has 1 saturated heterocycles. The van der Waals surface area contributed by atoms with Crippen LogP contribution in [0.2, 0.25) is 0 Å². The van der Waals surface area contributed by atoms with Gasteiger partial charge in [-0.15, -0.1) is 0 Å². The summed E-state index contributed by atoms with van der Waals surface area (Å²) in [6.45, 7) is 8.48. The van der Waals surface area contributed by atoms with Gasteiger partial charge in [0, 0.05) is 19.1 Å². The summed E-state index contributed by atoms with van der Waals surface area (Å²) in [5, 5.41) is 0. The molecule has 1 radical (unpaired) electrons. The minimum Gasteiger partial charge on any atom is -0.298 e. The van der Waals surface area contributed by atoms with E-state index >= 15 is 0 Å². The summed E-state index contributed by atoms with van der Waals surface area (Å²) in [7, 11) is 0. The summed E-state index contributed by atoms with van der Waals surface area (Å²) >= 11 is 0. The third kappa shape index (κ3) is 0.716. The number of hydrogen-bond donors (Lipinski definition) is 0. The molecule has 1 unspecified atom stereocenters. The van der Waals surface area contributed by atoms with Gasteiger partial charge >= 0.3 is 0 Å². The van der Waals surface area contributed by atoms with Gasteiger partial charge in [-0.1, -0.05) is 0 Å². The molecule has 0 aromatic carbocycles. The average molecular weight is 84.1 g/mol. The summed E-state index contributed by atoms with van der Waals surface area (Å²) in [6.07, 6.45) is 0. The molecular weight excluding hydrogens is 74.1 g/mol. The normalized spacial score (nSPS) is 22.5. The molecule has 1 fully saturated rings. The van der Waals surface area contributed by atoms with Crippen LogP contribution in [0.15, 0.2) is 0 Å². The first kappa shape index (κ1) is 4.13. The fourth-order valence-electron chi connectivity index (χ4n) is 0.499. The van der Waals surface area contributed by atoms with Crippen molar-refractivity contribution in [2.24, 2.45) is 0 Å². The van der Waals surface area contributed by atoms with Crippen LogP contribution in [-0.4, -0.2) is 24.0 Å². The van der Waals surface area contributed by atoms with E-state index in [2.05, 4.69) is 18.7 Å².